The van der Waals surface area contributed by atoms with E-state index in [9.17, 15) is 35.4 Å². The topological polar surface area (TPSA) is 157 Å². The maximum atomic E-state index is 13.7. The average molecular weight is 499 g/mol. The first-order chi connectivity index (χ1) is 16.4. The molecule has 5 rings (SSSR count). The number of hydrogen-bond acceptors (Lipinski definition) is 9. The van der Waals surface area contributed by atoms with Crippen LogP contribution in [0.2, 0.25) is 0 Å². The van der Waals surface area contributed by atoms with Gasteiger partial charge in [-0.15, -0.1) is 0 Å². The van der Waals surface area contributed by atoms with Crippen molar-refractivity contribution in [2.24, 2.45) is 34.0 Å². The van der Waals surface area contributed by atoms with E-state index in [0.717, 1.165) is 44.9 Å². The van der Waals surface area contributed by atoms with Crippen LogP contribution in [0.15, 0.2) is 0 Å². The van der Waals surface area contributed by atoms with E-state index in [-0.39, 0.29) is 29.3 Å². The van der Waals surface area contributed by atoms with Crippen molar-refractivity contribution in [1.29, 1.82) is 0 Å². The maximum Gasteiger partial charge on any atom is 0.314 e. The van der Waals surface area contributed by atoms with Crippen LogP contribution in [0.25, 0.3) is 0 Å². The molecule has 12 atom stereocenters. The molecule has 1 spiro atoms. The highest BCUT2D eigenvalue weighted by Gasteiger charge is 2.68. The standard InChI is InChI=1S/C26H42O9/c1-23-7-3-8-24(2,22(32)35-21-20(31)19(30)18(29)15(11-27)34-21)16(23)6-9-25-10-14(4-5-17(23)25)26(33,12-25)13-28/h14-21,27-31,33H,3-13H2,1-2H3/t14-,15-,16+,17+,18-,19+,20-,21+,23-,24+,25+,26+/m1/s1. The van der Waals surface area contributed by atoms with Gasteiger partial charge in [-0.2, -0.15) is 0 Å². The van der Waals surface area contributed by atoms with Gasteiger partial charge in [0.1, 0.15) is 24.4 Å². The van der Waals surface area contributed by atoms with Crippen molar-refractivity contribution >= 4 is 5.97 Å². The molecule has 0 amide bonds. The lowest BCUT2D eigenvalue weighted by molar-refractivity contribution is -0.298. The van der Waals surface area contributed by atoms with Crippen LogP contribution in [0.5, 0.6) is 0 Å². The molecule has 1 saturated heterocycles. The minimum atomic E-state index is -1.62. The number of esters is 1. The molecule has 0 radical (unpaired) electrons. The van der Waals surface area contributed by atoms with Gasteiger partial charge in [-0.05, 0) is 86.9 Å². The highest BCUT2D eigenvalue weighted by molar-refractivity contribution is 5.77. The number of rotatable bonds is 4. The lowest BCUT2D eigenvalue weighted by atomic mass is 9.41. The second-order valence-corrected chi connectivity index (χ2v) is 12.8. The lowest BCUT2D eigenvalue weighted by Gasteiger charge is -2.63. The van der Waals surface area contributed by atoms with E-state index in [4.69, 9.17) is 9.47 Å². The highest BCUT2D eigenvalue weighted by atomic mass is 16.7. The Morgan fingerprint density at radius 3 is 2.40 bits per heavy atom. The van der Waals surface area contributed by atoms with E-state index in [0.29, 0.717) is 18.8 Å². The number of carbonyl (C=O) groups excluding carboxylic acids is 1. The van der Waals surface area contributed by atoms with Gasteiger partial charge in [0.15, 0.2) is 0 Å². The predicted molar refractivity (Wildman–Crippen MR) is 123 cm³/mol. The third-order valence-electron chi connectivity index (χ3n) is 11.1. The largest absolute Gasteiger partial charge is 0.432 e. The first-order valence-corrected chi connectivity index (χ1v) is 13.3. The molecular weight excluding hydrogens is 456 g/mol. The molecule has 5 aliphatic rings. The van der Waals surface area contributed by atoms with E-state index in [1.165, 1.54) is 0 Å². The molecule has 6 N–H and O–H groups in total. The van der Waals surface area contributed by atoms with Crippen LogP contribution in [0.4, 0.5) is 0 Å². The van der Waals surface area contributed by atoms with Crippen molar-refractivity contribution in [3.8, 4) is 0 Å². The summed E-state index contributed by atoms with van der Waals surface area (Å²) in [6.45, 7) is 3.44. The fourth-order valence-corrected chi connectivity index (χ4v) is 9.46. The van der Waals surface area contributed by atoms with Gasteiger partial charge < -0.3 is 40.1 Å². The summed E-state index contributed by atoms with van der Waals surface area (Å²) in [6.07, 6.45) is 0.327. The number of aliphatic hydroxyl groups excluding tert-OH is 5. The Hall–Kier alpha value is -0.810. The van der Waals surface area contributed by atoms with E-state index >= 15 is 0 Å². The summed E-state index contributed by atoms with van der Waals surface area (Å²) in [7, 11) is 0. The van der Waals surface area contributed by atoms with Gasteiger partial charge in [-0.1, -0.05) is 13.3 Å². The van der Waals surface area contributed by atoms with Crippen LogP contribution in [0, 0.1) is 34.0 Å². The van der Waals surface area contributed by atoms with Crippen molar-refractivity contribution in [3.05, 3.63) is 0 Å². The zero-order valence-electron chi connectivity index (χ0n) is 20.8. The van der Waals surface area contributed by atoms with E-state index < -0.39 is 54.3 Å². The average Bonchev–Trinajstić information content (AvgIpc) is 3.04. The smallest absolute Gasteiger partial charge is 0.314 e. The minimum Gasteiger partial charge on any atom is -0.432 e. The summed E-state index contributed by atoms with van der Waals surface area (Å²) >= 11 is 0. The van der Waals surface area contributed by atoms with Crippen molar-refractivity contribution < 1.29 is 44.9 Å². The van der Waals surface area contributed by atoms with Crippen LogP contribution in [-0.4, -0.2) is 86.1 Å². The summed E-state index contributed by atoms with van der Waals surface area (Å²) in [4.78, 5) is 13.7. The van der Waals surface area contributed by atoms with Crippen LogP contribution < -0.4 is 0 Å². The normalized spacial score (nSPS) is 55.7. The number of ether oxygens (including phenoxy) is 2. The van der Waals surface area contributed by atoms with Gasteiger partial charge in [-0.3, -0.25) is 4.79 Å². The van der Waals surface area contributed by atoms with Gasteiger partial charge in [-0.25, -0.2) is 0 Å². The van der Waals surface area contributed by atoms with Gasteiger partial charge in [0, 0.05) is 0 Å². The molecule has 0 aromatic rings. The van der Waals surface area contributed by atoms with Gasteiger partial charge in [0.05, 0.1) is 24.2 Å². The molecule has 9 heteroatoms. The monoisotopic (exact) mass is 498 g/mol. The molecule has 200 valence electrons. The Balaban J connectivity index is 1.38. The molecule has 1 aliphatic heterocycles. The predicted octanol–water partition coefficient (Wildman–Crippen LogP) is 0.466. The fourth-order valence-electron chi connectivity index (χ4n) is 9.46. The SMILES string of the molecule is C[C@@]12CCC[C@](C)(C(=O)O[C@@H]3O[C@H](CO)[C@@H](O)[C@H](O)[C@H]3O)[C@H]1CC[C@@]13C[C@@H](CC[C@H]12)[C@@](O)(CO)C3. The molecule has 4 saturated carbocycles. The molecular formula is C26H42O9. The Morgan fingerprint density at radius 2 is 1.71 bits per heavy atom. The molecule has 4 aliphatic carbocycles. The molecule has 0 unspecified atom stereocenters. The maximum absolute atomic E-state index is 13.7. The second-order valence-electron chi connectivity index (χ2n) is 12.8. The fraction of sp³-hybridized carbons (Fsp3) is 0.962. The Bertz CT molecular complexity index is 836. The Labute approximate surface area is 206 Å². The van der Waals surface area contributed by atoms with Crippen molar-refractivity contribution in [2.45, 2.75) is 108 Å². The first kappa shape index (κ1) is 25.8. The van der Waals surface area contributed by atoms with E-state index in [1.807, 2.05) is 6.92 Å². The minimum absolute atomic E-state index is 0.00886. The van der Waals surface area contributed by atoms with Crippen LogP contribution in [0.3, 0.4) is 0 Å². The van der Waals surface area contributed by atoms with Crippen LogP contribution in [-0.2, 0) is 14.3 Å². The highest BCUT2D eigenvalue weighted by Crippen LogP contribution is 2.73. The summed E-state index contributed by atoms with van der Waals surface area (Å²) in [5, 5.41) is 61.1. The van der Waals surface area contributed by atoms with Crippen molar-refractivity contribution in [1.82, 2.24) is 0 Å². The molecule has 9 nitrogen and oxygen atoms in total. The summed E-state index contributed by atoms with van der Waals surface area (Å²) in [6, 6.07) is 0. The number of fused-ring (bicyclic) bond motifs is 3. The summed E-state index contributed by atoms with van der Waals surface area (Å²) < 4.78 is 11.1. The third kappa shape index (κ3) is 3.64. The molecule has 35 heavy (non-hydrogen) atoms. The van der Waals surface area contributed by atoms with Crippen molar-refractivity contribution in [2.75, 3.05) is 13.2 Å². The first-order valence-electron chi connectivity index (χ1n) is 13.3. The molecule has 2 bridgehead atoms. The van der Waals surface area contributed by atoms with Crippen LogP contribution >= 0.6 is 0 Å². The molecule has 0 aromatic carbocycles. The van der Waals surface area contributed by atoms with Gasteiger partial charge in [0.2, 0.25) is 6.29 Å². The van der Waals surface area contributed by atoms with Gasteiger partial charge >= 0.3 is 5.97 Å². The zero-order chi connectivity index (χ0) is 25.4. The lowest BCUT2D eigenvalue weighted by Crippen LogP contribution is -2.61. The number of hydrogen-bond donors (Lipinski definition) is 6. The van der Waals surface area contributed by atoms with E-state index in [2.05, 4.69) is 6.92 Å². The molecule has 0 aromatic heterocycles. The number of carbonyl (C=O) groups is 1. The van der Waals surface area contributed by atoms with Crippen LogP contribution in [0.1, 0.15) is 71.6 Å². The quantitative estimate of drug-likeness (QED) is 0.303. The van der Waals surface area contributed by atoms with Crippen molar-refractivity contribution in [3.63, 3.8) is 0 Å². The Kier molecular flexibility index (Phi) is 6.35. The molecule has 5 fully saturated rings. The van der Waals surface area contributed by atoms with E-state index in [1.54, 1.807) is 0 Å². The Morgan fingerprint density at radius 1 is 0.971 bits per heavy atom. The number of aliphatic hydroxyl groups is 6. The molecule has 1 heterocycles. The summed E-state index contributed by atoms with van der Waals surface area (Å²) in [5.74, 6) is 0.0529. The van der Waals surface area contributed by atoms with Gasteiger partial charge in [0.25, 0.3) is 0 Å². The zero-order valence-corrected chi connectivity index (χ0v) is 20.8. The second kappa shape index (κ2) is 8.61. The third-order valence-corrected chi connectivity index (χ3v) is 11.1. The summed E-state index contributed by atoms with van der Waals surface area (Å²) in [5.41, 5.74) is -1.94.